The summed E-state index contributed by atoms with van der Waals surface area (Å²) in [5.74, 6) is 1.87. The molecule has 6 N–H and O–H groups in total. The lowest BCUT2D eigenvalue weighted by atomic mass is 9.95. The van der Waals surface area contributed by atoms with Gasteiger partial charge >= 0.3 is 6.03 Å². The number of nitrogens with one attached hydrogen (secondary N) is 4. The van der Waals surface area contributed by atoms with E-state index in [-0.39, 0.29) is 22.5 Å². The van der Waals surface area contributed by atoms with Gasteiger partial charge in [0.2, 0.25) is 0 Å². The van der Waals surface area contributed by atoms with Crippen molar-refractivity contribution in [1.29, 1.82) is 0 Å². The number of hydrogen-bond acceptors (Lipinski definition) is 7. The Morgan fingerprint density at radius 1 is 1.17 bits per heavy atom. The van der Waals surface area contributed by atoms with E-state index in [4.69, 9.17) is 5.73 Å². The summed E-state index contributed by atoms with van der Waals surface area (Å²) in [6.45, 7) is 17.8. The van der Waals surface area contributed by atoms with Crippen LogP contribution < -0.4 is 27.2 Å². The van der Waals surface area contributed by atoms with Crippen LogP contribution in [0.3, 0.4) is 0 Å². The molecule has 1 unspecified atom stereocenters. The van der Waals surface area contributed by atoms with Crippen molar-refractivity contribution in [3.63, 3.8) is 0 Å². The molecule has 9 nitrogen and oxygen atoms in total. The Hall–Kier alpha value is -2.40. The number of nitrogens with two attached hydrogens (primary N) is 1. The molecule has 0 spiro atoms. The molecule has 2 amide bonds. The fourth-order valence-electron chi connectivity index (χ4n) is 4.40. The molecule has 0 bridgehead atoms. The summed E-state index contributed by atoms with van der Waals surface area (Å²) in [4.78, 5) is 33.8. The average molecular weight is 588 g/mol. The zero-order chi connectivity index (χ0) is 30.5. The van der Waals surface area contributed by atoms with Crippen molar-refractivity contribution in [1.82, 2.24) is 30.8 Å². The Kier molecular flexibility index (Phi) is 14.3. The minimum Gasteiger partial charge on any atom is -0.334 e. The highest BCUT2D eigenvalue weighted by molar-refractivity contribution is 7.98. The number of urea groups is 1. The SMILES string of the molecule is CC(C)(C)c1ncc(-c2ccc(CNCCCN)cc2)c(=O)[nH]1.CSCCN1CCCC(NC(=O)NC(C)(C)C)C1. The van der Waals surface area contributed by atoms with Crippen LogP contribution in [0.25, 0.3) is 11.1 Å². The van der Waals surface area contributed by atoms with Gasteiger partial charge in [-0.05, 0) is 77.1 Å². The van der Waals surface area contributed by atoms with Gasteiger partial charge in [-0.15, -0.1) is 0 Å². The number of aromatic amines is 1. The zero-order valence-corrected chi connectivity index (χ0v) is 27.0. The molecule has 0 aliphatic carbocycles. The fourth-order valence-corrected chi connectivity index (χ4v) is 4.84. The van der Waals surface area contributed by atoms with Gasteiger partial charge in [0, 0.05) is 48.6 Å². The predicted molar refractivity (Wildman–Crippen MR) is 174 cm³/mol. The van der Waals surface area contributed by atoms with Crippen molar-refractivity contribution >= 4 is 17.8 Å². The lowest BCUT2D eigenvalue weighted by Gasteiger charge is -2.33. The van der Waals surface area contributed by atoms with Gasteiger partial charge in [-0.25, -0.2) is 9.78 Å². The first-order valence-electron chi connectivity index (χ1n) is 14.7. The van der Waals surface area contributed by atoms with Gasteiger partial charge in [0.05, 0.1) is 5.56 Å². The highest BCUT2D eigenvalue weighted by atomic mass is 32.2. The van der Waals surface area contributed by atoms with Crippen molar-refractivity contribution in [2.24, 2.45) is 5.73 Å². The van der Waals surface area contributed by atoms with E-state index in [9.17, 15) is 9.59 Å². The highest BCUT2D eigenvalue weighted by Gasteiger charge is 2.22. The van der Waals surface area contributed by atoms with Crippen LogP contribution >= 0.6 is 11.8 Å². The standard InChI is InChI=1S/C18H26N4O.C13H27N3OS/c1-18(2,3)17-21-12-15(16(23)22-17)14-7-5-13(6-8-14)11-20-10-4-9-19;1-13(2,3)15-12(17)14-11-6-5-7-16(10-11)8-9-18-4/h5-8,12,20H,4,9-11,19H2,1-3H3,(H,21,22,23);11H,5-10H2,1-4H3,(H2,14,15,17). The molecule has 1 aliphatic heterocycles. The maximum atomic E-state index is 12.3. The smallest absolute Gasteiger partial charge is 0.315 e. The van der Waals surface area contributed by atoms with Gasteiger partial charge in [0.25, 0.3) is 5.56 Å². The molecule has 2 heterocycles. The van der Waals surface area contributed by atoms with Gasteiger partial charge in [0.1, 0.15) is 5.82 Å². The normalized spacial score (nSPS) is 16.0. The summed E-state index contributed by atoms with van der Waals surface area (Å²) in [7, 11) is 0. The number of rotatable bonds is 10. The van der Waals surface area contributed by atoms with E-state index in [1.807, 2.05) is 77.6 Å². The van der Waals surface area contributed by atoms with Crippen molar-refractivity contribution < 1.29 is 4.79 Å². The number of amides is 2. The molecule has 1 aromatic carbocycles. The first kappa shape index (κ1) is 34.8. The van der Waals surface area contributed by atoms with Gasteiger partial charge in [-0.2, -0.15) is 11.8 Å². The second-order valence-electron chi connectivity index (χ2n) is 12.7. The summed E-state index contributed by atoms with van der Waals surface area (Å²) in [5.41, 5.74) is 7.69. The predicted octanol–water partition coefficient (Wildman–Crippen LogP) is 4.08. The van der Waals surface area contributed by atoms with E-state index in [2.05, 4.69) is 37.1 Å². The first-order chi connectivity index (χ1) is 19.3. The van der Waals surface area contributed by atoms with E-state index in [1.165, 1.54) is 24.3 Å². The monoisotopic (exact) mass is 587 g/mol. The number of aromatic nitrogens is 2. The summed E-state index contributed by atoms with van der Waals surface area (Å²) in [6, 6.07) is 8.23. The fraction of sp³-hybridized carbons (Fsp3) is 0.645. The van der Waals surface area contributed by atoms with Crippen molar-refractivity contribution in [3.05, 3.63) is 52.2 Å². The maximum absolute atomic E-state index is 12.3. The van der Waals surface area contributed by atoms with Crippen molar-refractivity contribution in [2.45, 2.75) is 84.3 Å². The molecule has 1 atom stereocenters. The van der Waals surface area contributed by atoms with Crippen LogP contribution in [0.4, 0.5) is 4.79 Å². The van der Waals surface area contributed by atoms with Crippen LogP contribution in [0.2, 0.25) is 0 Å². The van der Waals surface area contributed by atoms with Gasteiger partial charge in [-0.3, -0.25) is 4.79 Å². The van der Waals surface area contributed by atoms with Crippen LogP contribution in [0.1, 0.15) is 72.2 Å². The minimum atomic E-state index is -0.170. The summed E-state index contributed by atoms with van der Waals surface area (Å²) < 4.78 is 0. The molecular weight excluding hydrogens is 534 g/mol. The van der Waals surface area contributed by atoms with Gasteiger partial charge < -0.3 is 31.6 Å². The third-order valence-corrected chi connectivity index (χ3v) is 7.19. The molecule has 1 aromatic heterocycles. The Bertz CT molecular complexity index is 1110. The van der Waals surface area contributed by atoms with Crippen molar-refractivity contribution in [2.75, 3.05) is 44.7 Å². The number of hydrogen-bond donors (Lipinski definition) is 5. The minimum absolute atomic E-state index is 0.0424. The number of thioether (sulfide) groups is 1. The Morgan fingerprint density at radius 3 is 2.46 bits per heavy atom. The lowest BCUT2D eigenvalue weighted by molar-refractivity contribution is 0.190. The molecule has 0 saturated carbocycles. The van der Waals surface area contributed by atoms with E-state index in [0.717, 1.165) is 44.6 Å². The van der Waals surface area contributed by atoms with Gasteiger partial charge in [-0.1, -0.05) is 45.0 Å². The molecule has 0 radical (unpaired) electrons. The zero-order valence-electron chi connectivity index (χ0n) is 26.2. The van der Waals surface area contributed by atoms with Crippen LogP contribution in [0.5, 0.6) is 0 Å². The van der Waals surface area contributed by atoms with Crippen LogP contribution in [-0.2, 0) is 12.0 Å². The van der Waals surface area contributed by atoms with E-state index in [0.29, 0.717) is 24.0 Å². The molecule has 3 rings (SSSR count). The number of carbonyl (C=O) groups excluding carboxylic acids is 1. The number of H-pyrrole nitrogens is 1. The van der Waals surface area contributed by atoms with Crippen LogP contribution in [0.15, 0.2) is 35.3 Å². The number of carbonyl (C=O) groups is 1. The Morgan fingerprint density at radius 2 is 1.88 bits per heavy atom. The maximum Gasteiger partial charge on any atom is 0.315 e. The Balaban J connectivity index is 0.000000296. The largest absolute Gasteiger partial charge is 0.334 e. The average Bonchev–Trinajstić information content (AvgIpc) is 2.89. The summed E-state index contributed by atoms with van der Waals surface area (Å²) in [5, 5.41) is 9.37. The number of benzene rings is 1. The second kappa shape index (κ2) is 16.9. The second-order valence-corrected chi connectivity index (χ2v) is 13.7. The lowest BCUT2D eigenvalue weighted by Crippen LogP contribution is -2.54. The molecule has 230 valence electrons. The third kappa shape index (κ3) is 13.4. The highest BCUT2D eigenvalue weighted by Crippen LogP contribution is 2.19. The summed E-state index contributed by atoms with van der Waals surface area (Å²) in [6.07, 6.45) is 7.03. The molecule has 1 saturated heterocycles. The van der Waals surface area contributed by atoms with E-state index >= 15 is 0 Å². The quantitative estimate of drug-likeness (QED) is 0.265. The van der Waals surface area contributed by atoms with Crippen LogP contribution in [-0.4, -0.2) is 77.2 Å². The molecule has 1 fully saturated rings. The van der Waals surface area contributed by atoms with Crippen LogP contribution in [0, 0.1) is 0 Å². The molecule has 41 heavy (non-hydrogen) atoms. The first-order valence-corrected chi connectivity index (χ1v) is 16.1. The topological polar surface area (TPSA) is 128 Å². The Labute approximate surface area is 251 Å². The molecular formula is C31H53N7O2S. The number of piperidine rings is 1. The summed E-state index contributed by atoms with van der Waals surface area (Å²) >= 11 is 1.88. The van der Waals surface area contributed by atoms with E-state index in [1.54, 1.807) is 6.20 Å². The molecule has 10 heteroatoms. The number of likely N-dealkylation sites (tertiary alicyclic amines) is 1. The number of nitrogens with zero attached hydrogens (tertiary/aromatic N) is 2. The third-order valence-electron chi connectivity index (χ3n) is 6.60. The van der Waals surface area contributed by atoms with Gasteiger partial charge in [0.15, 0.2) is 0 Å². The molecule has 1 aliphatic rings. The van der Waals surface area contributed by atoms with E-state index < -0.39 is 0 Å². The van der Waals surface area contributed by atoms with Crippen molar-refractivity contribution in [3.8, 4) is 11.1 Å². The molecule has 2 aromatic rings.